The summed E-state index contributed by atoms with van der Waals surface area (Å²) in [4.78, 5) is 6.48. The van der Waals surface area contributed by atoms with Gasteiger partial charge in [0.05, 0.1) is 12.3 Å². The normalized spacial score (nSPS) is 10.9. The fourth-order valence-electron chi connectivity index (χ4n) is 1.87. The Hall–Kier alpha value is -2.41. The molecular weight excluding hydrogens is 292 g/mol. The standard InChI is InChI=1S/C16H24N6O/c1-12(2)23-14-7-5-13(6-8-14)19-15-11-18-21-16(20-15)17-9-10-22(3)4/h5-8,11-12H,9-10H2,1-4H3,(H2,17,19,20,21). The molecule has 0 bridgehead atoms. The van der Waals surface area contributed by atoms with Crippen molar-refractivity contribution in [2.24, 2.45) is 0 Å². The molecule has 124 valence electrons. The first-order valence-corrected chi connectivity index (χ1v) is 7.65. The maximum absolute atomic E-state index is 5.62. The Bertz CT molecular complexity index is 600. The van der Waals surface area contributed by atoms with Gasteiger partial charge in [0.2, 0.25) is 5.95 Å². The highest BCUT2D eigenvalue weighted by Crippen LogP contribution is 2.19. The first kappa shape index (κ1) is 17.0. The van der Waals surface area contributed by atoms with Gasteiger partial charge < -0.3 is 20.3 Å². The van der Waals surface area contributed by atoms with Crippen LogP contribution in [0.4, 0.5) is 17.5 Å². The van der Waals surface area contributed by atoms with Crippen molar-refractivity contribution in [2.75, 3.05) is 37.8 Å². The summed E-state index contributed by atoms with van der Waals surface area (Å²) in [6.45, 7) is 5.67. The molecule has 0 spiro atoms. The number of anilines is 3. The molecule has 0 saturated heterocycles. The van der Waals surface area contributed by atoms with Crippen LogP contribution in [0.25, 0.3) is 0 Å². The van der Waals surface area contributed by atoms with Gasteiger partial charge in [0.1, 0.15) is 5.75 Å². The molecule has 0 aliphatic rings. The molecule has 2 N–H and O–H groups in total. The van der Waals surface area contributed by atoms with Crippen molar-refractivity contribution >= 4 is 17.5 Å². The van der Waals surface area contributed by atoms with Crippen LogP contribution in [0.3, 0.4) is 0 Å². The summed E-state index contributed by atoms with van der Waals surface area (Å²) in [6, 6.07) is 7.73. The lowest BCUT2D eigenvalue weighted by Gasteiger charge is -2.12. The summed E-state index contributed by atoms with van der Waals surface area (Å²) < 4.78 is 5.62. The lowest BCUT2D eigenvalue weighted by atomic mass is 10.3. The van der Waals surface area contributed by atoms with Gasteiger partial charge in [-0.1, -0.05) is 0 Å². The summed E-state index contributed by atoms with van der Waals surface area (Å²) in [7, 11) is 4.04. The van der Waals surface area contributed by atoms with Crippen molar-refractivity contribution in [2.45, 2.75) is 20.0 Å². The van der Waals surface area contributed by atoms with Gasteiger partial charge in [0.25, 0.3) is 0 Å². The van der Waals surface area contributed by atoms with Gasteiger partial charge in [0, 0.05) is 18.8 Å². The Morgan fingerprint density at radius 1 is 1.17 bits per heavy atom. The number of nitrogens with one attached hydrogen (secondary N) is 2. The Morgan fingerprint density at radius 2 is 1.91 bits per heavy atom. The summed E-state index contributed by atoms with van der Waals surface area (Å²) in [5.41, 5.74) is 0.917. The SMILES string of the molecule is CC(C)Oc1ccc(Nc2cnnc(NCCN(C)C)n2)cc1. The molecule has 0 amide bonds. The maximum Gasteiger partial charge on any atom is 0.244 e. The Morgan fingerprint density at radius 3 is 2.57 bits per heavy atom. The fourth-order valence-corrected chi connectivity index (χ4v) is 1.87. The Kier molecular flexibility index (Phi) is 6.10. The average Bonchev–Trinajstić information content (AvgIpc) is 2.49. The number of ether oxygens (including phenoxy) is 1. The van der Waals surface area contributed by atoms with Crippen molar-refractivity contribution in [1.29, 1.82) is 0 Å². The predicted octanol–water partition coefficient (Wildman–Crippen LogP) is 2.38. The summed E-state index contributed by atoms with van der Waals surface area (Å²) >= 11 is 0. The predicted molar refractivity (Wildman–Crippen MR) is 92.4 cm³/mol. The fraction of sp³-hybridized carbons (Fsp3) is 0.438. The van der Waals surface area contributed by atoms with E-state index in [9.17, 15) is 0 Å². The zero-order valence-corrected chi connectivity index (χ0v) is 14.1. The number of rotatable bonds is 8. The minimum Gasteiger partial charge on any atom is -0.491 e. The molecule has 0 unspecified atom stereocenters. The maximum atomic E-state index is 5.62. The molecule has 23 heavy (non-hydrogen) atoms. The third kappa shape index (κ3) is 6.07. The molecule has 2 rings (SSSR count). The van der Waals surface area contributed by atoms with E-state index >= 15 is 0 Å². The number of hydrogen-bond acceptors (Lipinski definition) is 7. The highest BCUT2D eigenvalue weighted by molar-refractivity contribution is 5.57. The lowest BCUT2D eigenvalue weighted by molar-refractivity contribution is 0.242. The van der Waals surface area contributed by atoms with Gasteiger partial charge in [-0.15, -0.1) is 5.10 Å². The van der Waals surface area contributed by atoms with Crippen LogP contribution >= 0.6 is 0 Å². The van der Waals surface area contributed by atoms with Gasteiger partial charge in [-0.25, -0.2) is 0 Å². The second-order valence-electron chi connectivity index (χ2n) is 5.71. The van der Waals surface area contributed by atoms with E-state index in [-0.39, 0.29) is 6.10 Å². The highest BCUT2D eigenvalue weighted by atomic mass is 16.5. The van der Waals surface area contributed by atoms with Crippen molar-refractivity contribution < 1.29 is 4.74 Å². The van der Waals surface area contributed by atoms with Crippen LogP contribution in [-0.4, -0.2) is 53.4 Å². The second kappa shape index (κ2) is 8.28. The van der Waals surface area contributed by atoms with Crippen molar-refractivity contribution in [1.82, 2.24) is 20.1 Å². The Balaban J connectivity index is 1.94. The molecule has 0 fully saturated rings. The smallest absolute Gasteiger partial charge is 0.244 e. The van der Waals surface area contributed by atoms with Crippen molar-refractivity contribution in [3.63, 3.8) is 0 Å². The molecule has 0 saturated carbocycles. The molecule has 2 aromatic rings. The molecule has 7 nitrogen and oxygen atoms in total. The third-order valence-corrected chi connectivity index (χ3v) is 2.90. The van der Waals surface area contributed by atoms with Crippen molar-refractivity contribution in [3.8, 4) is 5.75 Å². The van der Waals surface area contributed by atoms with E-state index < -0.39 is 0 Å². The topological polar surface area (TPSA) is 75.2 Å². The first-order chi connectivity index (χ1) is 11.0. The molecule has 0 radical (unpaired) electrons. The van der Waals surface area contributed by atoms with Crippen molar-refractivity contribution in [3.05, 3.63) is 30.5 Å². The van der Waals surface area contributed by atoms with Gasteiger partial charge in [-0.3, -0.25) is 0 Å². The van der Waals surface area contributed by atoms with Crippen LogP contribution in [0, 0.1) is 0 Å². The number of aromatic nitrogens is 3. The van der Waals surface area contributed by atoms with E-state index in [1.165, 1.54) is 0 Å². The van der Waals surface area contributed by atoms with Crippen LogP contribution in [0.15, 0.2) is 30.5 Å². The summed E-state index contributed by atoms with van der Waals surface area (Å²) in [5, 5.41) is 14.3. The third-order valence-electron chi connectivity index (χ3n) is 2.90. The largest absolute Gasteiger partial charge is 0.491 e. The van der Waals surface area contributed by atoms with Crippen LogP contribution in [0.1, 0.15) is 13.8 Å². The van der Waals surface area contributed by atoms with Gasteiger partial charge in [0.15, 0.2) is 5.82 Å². The number of hydrogen-bond donors (Lipinski definition) is 2. The first-order valence-electron chi connectivity index (χ1n) is 7.65. The molecule has 0 atom stereocenters. The summed E-state index contributed by atoms with van der Waals surface area (Å²) in [6.07, 6.45) is 1.76. The minimum atomic E-state index is 0.163. The van der Waals surface area contributed by atoms with E-state index in [2.05, 4.69) is 30.7 Å². The monoisotopic (exact) mass is 316 g/mol. The molecule has 7 heteroatoms. The van der Waals surface area contributed by atoms with Crippen LogP contribution < -0.4 is 15.4 Å². The quantitative estimate of drug-likeness (QED) is 0.774. The molecule has 1 aromatic carbocycles. The van der Waals surface area contributed by atoms with Crippen LogP contribution in [-0.2, 0) is 0 Å². The van der Waals surface area contributed by atoms with E-state index in [0.29, 0.717) is 11.8 Å². The zero-order valence-electron chi connectivity index (χ0n) is 14.1. The van der Waals surface area contributed by atoms with E-state index in [1.807, 2.05) is 52.2 Å². The molecular formula is C16H24N6O. The van der Waals surface area contributed by atoms with Crippen LogP contribution in [0.5, 0.6) is 5.75 Å². The zero-order chi connectivity index (χ0) is 16.7. The number of benzene rings is 1. The average molecular weight is 316 g/mol. The Labute approximate surface area is 137 Å². The number of likely N-dealkylation sites (N-methyl/N-ethyl adjacent to an activating group) is 1. The highest BCUT2D eigenvalue weighted by Gasteiger charge is 2.02. The minimum absolute atomic E-state index is 0.163. The van der Waals surface area contributed by atoms with Gasteiger partial charge in [-0.2, -0.15) is 10.1 Å². The lowest BCUT2D eigenvalue weighted by Crippen LogP contribution is -2.21. The molecule has 1 heterocycles. The molecule has 1 aromatic heterocycles. The summed E-state index contributed by atoms with van der Waals surface area (Å²) in [5.74, 6) is 2.00. The number of nitrogens with zero attached hydrogens (tertiary/aromatic N) is 4. The second-order valence-corrected chi connectivity index (χ2v) is 5.71. The molecule has 0 aliphatic carbocycles. The van der Waals surface area contributed by atoms with Gasteiger partial charge >= 0.3 is 0 Å². The van der Waals surface area contributed by atoms with E-state index in [0.717, 1.165) is 24.5 Å². The van der Waals surface area contributed by atoms with Crippen LogP contribution in [0.2, 0.25) is 0 Å². The van der Waals surface area contributed by atoms with E-state index in [4.69, 9.17) is 4.74 Å². The van der Waals surface area contributed by atoms with Gasteiger partial charge in [-0.05, 0) is 52.2 Å². The van der Waals surface area contributed by atoms with E-state index in [1.54, 1.807) is 6.20 Å². The molecule has 0 aliphatic heterocycles.